The maximum absolute atomic E-state index is 12.4. The van der Waals surface area contributed by atoms with Gasteiger partial charge in [-0.3, -0.25) is 9.59 Å². The van der Waals surface area contributed by atoms with E-state index in [4.69, 9.17) is 4.74 Å². The molecule has 0 aliphatic rings. The Bertz CT molecular complexity index is 1100. The van der Waals surface area contributed by atoms with Gasteiger partial charge in [-0.2, -0.15) is 0 Å². The van der Waals surface area contributed by atoms with Crippen LogP contribution in [0.1, 0.15) is 322 Å². The van der Waals surface area contributed by atoms with Crippen molar-refractivity contribution in [1.82, 2.24) is 5.32 Å². The van der Waals surface area contributed by atoms with Crippen molar-refractivity contribution in [1.29, 1.82) is 0 Å². The highest BCUT2D eigenvalue weighted by Gasteiger charge is 2.18. The molecule has 0 aromatic rings. The molecule has 6 heteroatoms. The quantitative estimate of drug-likeness (QED) is 0.0321. The summed E-state index contributed by atoms with van der Waals surface area (Å²) in [6, 6.07) is -0.631. The summed E-state index contributed by atoms with van der Waals surface area (Å²) in [7, 11) is 0. The molecule has 0 rings (SSSR count). The summed E-state index contributed by atoms with van der Waals surface area (Å²) in [4.78, 5) is 24.5. The Kier molecular flexibility index (Phi) is 56.0. The minimum atomic E-state index is -0.847. The molecule has 0 aliphatic carbocycles. The number of hydrogen-bond acceptors (Lipinski definition) is 5. The molecule has 0 radical (unpaired) electrons. The molecule has 68 heavy (non-hydrogen) atoms. The second-order valence-electron chi connectivity index (χ2n) is 20.7. The van der Waals surface area contributed by atoms with Crippen molar-refractivity contribution in [2.24, 2.45) is 0 Å². The fraction of sp³-hybridized carbons (Fsp3) is 0.871. The summed E-state index contributed by atoms with van der Waals surface area (Å²) in [6.07, 6.45) is 71.9. The van der Waals surface area contributed by atoms with Crippen molar-refractivity contribution >= 4 is 11.9 Å². The highest BCUT2D eigenvalue weighted by molar-refractivity contribution is 5.76. The van der Waals surface area contributed by atoms with Crippen LogP contribution in [0.3, 0.4) is 0 Å². The number of amides is 1. The fourth-order valence-electron chi connectivity index (χ4n) is 9.30. The fourth-order valence-corrected chi connectivity index (χ4v) is 9.30. The zero-order valence-electron chi connectivity index (χ0n) is 45.6. The number of aliphatic hydroxyl groups is 2. The summed E-state index contributed by atoms with van der Waals surface area (Å²) >= 11 is 0. The monoisotopic (exact) mass is 956 g/mol. The Morgan fingerprint density at radius 3 is 1.12 bits per heavy atom. The zero-order valence-corrected chi connectivity index (χ0v) is 45.6. The molecule has 400 valence electrons. The first-order chi connectivity index (χ1) is 33.5. The van der Waals surface area contributed by atoms with Gasteiger partial charge in [-0.25, -0.2) is 0 Å². The summed E-state index contributed by atoms with van der Waals surface area (Å²) in [5, 5.41) is 23.1. The predicted molar refractivity (Wildman–Crippen MR) is 296 cm³/mol. The normalized spacial score (nSPS) is 12.8. The molecule has 0 bridgehead atoms. The van der Waals surface area contributed by atoms with Gasteiger partial charge in [0.2, 0.25) is 5.91 Å². The van der Waals surface area contributed by atoms with Crippen molar-refractivity contribution < 1.29 is 24.5 Å². The van der Waals surface area contributed by atoms with E-state index < -0.39 is 12.1 Å². The van der Waals surface area contributed by atoms with Gasteiger partial charge in [0.25, 0.3) is 0 Å². The van der Waals surface area contributed by atoms with Crippen LogP contribution in [-0.2, 0) is 14.3 Å². The van der Waals surface area contributed by atoms with Crippen LogP contribution in [0, 0.1) is 0 Å². The largest absolute Gasteiger partial charge is 0.465 e. The molecule has 1 amide bonds. The van der Waals surface area contributed by atoms with Crippen molar-refractivity contribution in [2.75, 3.05) is 13.2 Å². The number of aliphatic hydroxyl groups excluding tert-OH is 2. The zero-order chi connectivity index (χ0) is 49.3. The number of ether oxygens (including phenoxy) is 1. The van der Waals surface area contributed by atoms with Gasteiger partial charge >= 0.3 is 5.97 Å². The summed E-state index contributed by atoms with van der Waals surface area (Å²) in [5.41, 5.74) is 0. The van der Waals surface area contributed by atoms with Crippen LogP contribution >= 0.6 is 0 Å². The molecule has 0 saturated carbocycles. The number of carbonyl (C=O) groups excluding carboxylic acids is 2. The van der Waals surface area contributed by atoms with Crippen LogP contribution in [0.4, 0.5) is 0 Å². The average Bonchev–Trinajstić information content (AvgIpc) is 3.34. The lowest BCUT2D eigenvalue weighted by Crippen LogP contribution is -2.45. The highest BCUT2D eigenvalue weighted by Crippen LogP contribution is 2.17. The van der Waals surface area contributed by atoms with Crippen molar-refractivity contribution in [2.45, 2.75) is 334 Å². The molecule has 0 aliphatic heterocycles. The topological polar surface area (TPSA) is 95.9 Å². The highest BCUT2D eigenvalue weighted by atomic mass is 16.5. The maximum Gasteiger partial charge on any atom is 0.305 e. The van der Waals surface area contributed by atoms with E-state index in [9.17, 15) is 19.8 Å². The van der Waals surface area contributed by atoms with Gasteiger partial charge in [0.15, 0.2) is 0 Å². The Morgan fingerprint density at radius 2 is 0.735 bits per heavy atom. The van der Waals surface area contributed by atoms with Crippen LogP contribution in [0.25, 0.3) is 0 Å². The van der Waals surface area contributed by atoms with E-state index in [2.05, 4.69) is 43.5 Å². The molecule has 0 spiro atoms. The number of nitrogens with one attached hydrogen (secondary N) is 1. The minimum absolute atomic E-state index is 0.0324. The molecule has 2 unspecified atom stereocenters. The molecule has 6 nitrogen and oxygen atoms in total. The lowest BCUT2D eigenvalue weighted by molar-refractivity contribution is -0.143. The molecular formula is C62H117NO5. The number of rotatable bonds is 56. The SMILES string of the molecule is CCCCCCCCCCCCCC/C=C/C(O)C(CO)NC(=O)CCCCCCCCCCCCCCCC/C=C\C/C=C\CCOC(=O)CCCCCCCCCCCCCCCCCC. The van der Waals surface area contributed by atoms with E-state index in [1.807, 2.05) is 6.08 Å². The van der Waals surface area contributed by atoms with Gasteiger partial charge in [0.05, 0.1) is 25.4 Å². The van der Waals surface area contributed by atoms with E-state index in [1.165, 1.54) is 244 Å². The third kappa shape index (κ3) is 53.4. The Balaban J connectivity index is 3.46. The molecule has 0 saturated heterocycles. The molecule has 2 atom stereocenters. The summed E-state index contributed by atoms with van der Waals surface area (Å²) < 4.78 is 5.42. The van der Waals surface area contributed by atoms with Crippen molar-refractivity contribution in [3.05, 3.63) is 36.5 Å². The third-order valence-corrected chi connectivity index (χ3v) is 13.9. The van der Waals surface area contributed by atoms with Gasteiger partial charge in [-0.15, -0.1) is 0 Å². The first-order valence-electron chi connectivity index (χ1n) is 30.3. The molecule has 0 heterocycles. The number of hydrogen-bond donors (Lipinski definition) is 3. The summed E-state index contributed by atoms with van der Waals surface area (Å²) in [5.74, 6) is -0.105. The number of carbonyl (C=O) groups is 2. The van der Waals surface area contributed by atoms with Crippen molar-refractivity contribution in [3.63, 3.8) is 0 Å². The Morgan fingerprint density at radius 1 is 0.412 bits per heavy atom. The minimum Gasteiger partial charge on any atom is -0.465 e. The van der Waals surface area contributed by atoms with Crippen molar-refractivity contribution in [3.8, 4) is 0 Å². The van der Waals surface area contributed by atoms with E-state index in [-0.39, 0.29) is 18.5 Å². The second kappa shape index (κ2) is 57.7. The molecule has 3 N–H and O–H groups in total. The first kappa shape index (κ1) is 66.1. The number of unbranched alkanes of at least 4 members (excludes halogenated alkanes) is 41. The van der Waals surface area contributed by atoms with Gasteiger partial charge in [0.1, 0.15) is 0 Å². The lowest BCUT2D eigenvalue weighted by Gasteiger charge is -2.20. The van der Waals surface area contributed by atoms with Crippen LogP contribution in [0.15, 0.2) is 36.5 Å². The van der Waals surface area contributed by atoms with Crippen LogP contribution in [0.5, 0.6) is 0 Å². The van der Waals surface area contributed by atoms with Crippen LogP contribution < -0.4 is 5.32 Å². The second-order valence-corrected chi connectivity index (χ2v) is 20.7. The number of esters is 1. The third-order valence-electron chi connectivity index (χ3n) is 13.9. The molecule has 0 aromatic heterocycles. The van der Waals surface area contributed by atoms with E-state index in [1.54, 1.807) is 6.08 Å². The van der Waals surface area contributed by atoms with E-state index in [0.29, 0.717) is 19.4 Å². The smallest absolute Gasteiger partial charge is 0.305 e. The van der Waals surface area contributed by atoms with Crippen LogP contribution in [-0.4, -0.2) is 47.4 Å². The van der Waals surface area contributed by atoms with Gasteiger partial charge < -0.3 is 20.3 Å². The van der Waals surface area contributed by atoms with E-state index >= 15 is 0 Å². The number of allylic oxidation sites excluding steroid dienone is 4. The van der Waals surface area contributed by atoms with Gasteiger partial charge in [-0.05, 0) is 51.4 Å². The lowest BCUT2D eigenvalue weighted by atomic mass is 10.0. The molecule has 0 fully saturated rings. The Labute approximate surface area is 424 Å². The first-order valence-corrected chi connectivity index (χ1v) is 30.3. The maximum atomic E-state index is 12.4. The standard InChI is InChI=1S/C62H117NO5/c1-3-5-7-9-11-13-15-17-19-28-32-36-40-44-48-52-56-62(67)68-57-53-49-45-41-37-33-29-26-24-22-20-21-23-25-27-31-35-39-43-47-51-55-61(66)63-59(58-64)60(65)54-50-46-42-38-34-30-18-16-14-12-10-8-6-4-2/h33,37,45,49-50,54,59-60,64-65H,3-32,34-36,38-44,46-48,51-53,55-58H2,1-2H3,(H,63,66)/b37-33-,49-45-,54-50+. The molecule has 0 aromatic carbocycles. The average molecular weight is 957 g/mol. The van der Waals surface area contributed by atoms with Crippen LogP contribution in [0.2, 0.25) is 0 Å². The Hall–Kier alpha value is -1.92. The van der Waals surface area contributed by atoms with E-state index in [0.717, 1.165) is 51.4 Å². The van der Waals surface area contributed by atoms with Gasteiger partial charge in [0, 0.05) is 12.8 Å². The molecular weight excluding hydrogens is 839 g/mol. The predicted octanol–water partition coefficient (Wildman–Crippen LogP) is 18.8. The summed E-state index contributed by atoms with van der Waals surface area (Å²) in [6.45, 7) is 4.81. The van der Waals surface area contributed by atoms with Gasteiger partial charge in [-0.1, -0.05) is 294 Å².